The van der Waals surface area contributed by atoms with Crippen LogP contribution in [0.3, 0.4) is 0 Å². The van der Waals surface area contributed by atoms with Crippen molar-refractivity contribution >= 4 is 17.4 Å². The Kier molecular flexibility index (Phi) is 3.06. The lowest BCUT2D eigenvalue weighted by Crippen LogP contribution is -2.28. The maximum atomic E-state index is 11.6. The van der Waals surface area contributed by atoms with Gasteiger partial charge in [-0.2, -0.15) is 0 Å². The van der Waals surface area contributed by atoms with Gasteiger partial charge in [0.25, 0.3) is 0 Å². The molecule has 0 aliphatic rings. The smallest absolute Gasteiger partial charge is 0.336 e. The maximum Gasteiger partial charge on any atom is 0.336 e. The highest BCUT2D eigenvalue weighted by atomic mass is 16.4. The molecule has 0 saturated carbocycles. The zero-order valence-corrected chi connectivity index (χ0v) is 8.23. The van der Waals surface area contributed by atoms with Crippen LogP contribution in [0, 0.1) is 0 Å². The highest BCUT2D eigenvalue weighted by Gasteiger charge is 2.19. The van der Waals surface area contributed by atoms with E-state index in [1.165, 1.54) is 25.1 Å². The van der Waals surface area contributed by atoms with Crippen molar-refractivity contribution in [2.75, 3.05) is 5.73 Å². The van der Waals surface area contributed by atoms with Crippen molar-refractivity contribution in [3.8, 4) is 0 Å². The minimum absolute atomic E-state index is 0.0532. The van der Waals surface area contributed by atoms with Crippen LogP contribution in [-0.4, -0.2) is 22.9 Å². The molecule has 15 heavy (non-hydrogen) atoms. The second kappa shape index (κ2) is 4.10. The first kappa shape index (κ1) is 11.2. The summed E-state index contributed by atoms with van der Waals surface area (Å²) in [5, 5.41) is 8.85. The molecule has 0 heterocycles. The molecule has 1 rings (SSSR count). The number of carbonyl (C=O) groups is 2. The molecule has 0 aliphatic heterocycles. The second-order valence-electron chi connectivity index (χ2n) is 3.26. The Morgan fingerprint density at radius 3 is 2.40 bits per heavy atom. The van der Waals surface area contributed by atoms with E-state index in [9.17, 15) is 9.59 Å². The quantitative estimate of drug-likeness (QED) is 0.495. The van der Waals surface area contributed by atoms with Crippen molar-refractivity contribution in [2.24, 2.45) is 5.73 Å². The number of carboxylic acids is 1. The average Bonchev–Trinajstić information content (AvgIpc) is 2.15. The van der Waals surface area contributed by atoms with Crippen molar-refractivity contribution in [2.45, 2.75) is 13.0 Å². The van der Waals surface area contributed by atoms with Gasteiger partial charge in [0.15, 0.2) is 5.78 Å². The molecule has 0 aliphatic carbocycles. The predicted octanol–water partition coefficient (Wildman–Crippen LogP) is 0.497. The van der Waals surface area contributed by atoms with Crippen LogP contribution in [0.5, 0.6) is 0 Å². The van der Waals surface area contributed by atoms with Gasteiger partial charge in [0.05, 0.1) is 11.6 Å². The van der Waals surface area contributed by atoms with E-state index < -0.39 is 17.8 Å². The number of carbonyl (C=O) groups excluding carboxylic acids is 1. The largest absolute Gasteiger partial charge is 0.478 e. The van der Waals surface area contributed by atoms with Crippen LogP contribution in [0.25, 0.3) is 0 Å². The molecule has 0 fully saturated rings. The lowest BCUT2D eigenvalue weighted by atomic mass is 9.99. The minimum atomic E-state index is -1.17. The van der Waals surface area contributed by atoms with Gasteiger partial charge in [-0.15, -0.1) is 0 Å². The minimum Gasteiger partial charge on any atom is -0.478 e. The molecule has 1 aromatic carbocycles. The molecule has 5 heteroatoms. The van der Waals surface area contributed by atoms with E-state index >= 15 is 0 Å². The van der Waals surface area contributed by atoms with E-state index in [0.717, 1.165) is 0 Å². The number of rotatable bonds is 3. The lowest BCUT2D eigenvalue weighted by molar-refractivity contribution is 0.0691. The lowest BCUT2D eigenvalue weighted by Gasteiger charge is -2.08. The molecule has 1 atom stereocenters. The van der Waals surface area contributed by atoms with Gasteiger partial charge in [0, 0.05) is 11.3 Å². The molecule has 0 aromatic heterocycles. The number of hydrogen-bond acceptors (Lipinski definition) is 4. The Hall–Kier alpha value is -1.88. The Morgan fingerprint density at radius 2 is 1.93 bits per heavy atom. The first-order chi connectivity index (χ1) is 6.93. The third-order valence-corrected chi connectivity index (χ3v) is 1.95. The van der Waals surface area contributed by atoms with Crippen molar-refractivity contribution in [1.82, 2.24) is 0 Å². The summed E-state index contributed by atoms with van der Waals surface area (Å²) in [6, 6.07) is 3.31. The summed E-state index contributed by atoms with van der Waals surface area (Å²) in [6.45, 7) is 1.50. The Morgan fingerprint density at radius 1 is 1.33 bits per heavy atom. The summed E-state index contributed by atoms with van der Waals surface area (Å²) < 4.78 is 0. The summed E-state index contributed by atoms with van der Waals surface area (Å²) in [4.78, 5) is 22.4. The van der Waals surface area contributed by atoms with Gasteiger partial charge in [-0.1, -0.05) is 0 Å². The van der Waals surface area contributed by atoms with E-state index in [1.807, 2.05) is 0 Å². The molecule has 0 bridgehead atoms. The Balaban J connectivity index is 3.30. The van der Waals surface area contributed by atoms with Crippen molar-refractivity contribution in [1.29, 1.82) is 0 Å². The van der Waals surface area contributed by atoms with Crippen molar-refractivity contribution < 1.29 is 14.7 Å². The zero-order chi connectivity index (χ0) is 11.6. The van der Waals surface area contributed by atoms with Gasteiger partial charge in [-0.3, -0.25) is 4.79 Å². The molecule has 1 aromatic rings. The van der Waals surface area contributed by atoms with Gasteiger partial charge in [-0.25, -0.2) is 4.79 Å². The first-order valence-electron chi connectivity index (χ1n) is 4.36. The monoisotopic (exact) mass is 208 g/mol. The van der Waals surface area contributed by atoms with E-state index in [1.54, 1.807) is 0 Å². The number of nitrogen functional groups attached to an aromatic ring is 1. The van der Waals surface area contributed by atoms with Gasteiger partial charge >= 0.3 is 5.97 Å². The highest BCUT2D eigenvalue weighted by molar-refractivity contribution is 6.08. The number of anilines is 1. The first-order valence-corrected chi connectivity index (χ1v) is 4.36. The molecule has 5 nitrogen and oxygen atoms in total. The number of ketones is 1. The summed E-state index contributed by atoms with van der Waals surface area (Å²) in [7, 11) is 0. The fourth-order valence-corrected chi connectivity index (χ4v) is 1.20. The molecule has 80 valence electrons. The summed E-state index contributed by atoms with van der Waals surface area (Å²) in [5.41, 5.74) is 11.2. The third-order valence-electron chi connectivity index (χ3n) is 1.95. The molecule has 0 radical (unpaired) electrons. The van der Waals surface area contributed by atoms with E-state index in [-0.39, 0.29) is 11.1 Å². The van der Waals surface area contributed by atoms with Gasteiger partial charge in [0.2, 0.25) is 0 Å². The summed E-state index contributed by atoms with van der Waals surface area (Å²) in [6.07, 6.45) is 0. The highest BCUT2D eigenvalue weighted by Crippen LogP contribution is 2.15. The van der Waals surface area contributed by atoms with Crippen LogP contribution in [0.4, 0.5) is 5.69 Å². The zero-order valence-electron chi connectivity index (χ0n) is 8.23. The molecular weight excluding hydrogens is 196 g/mol. The van der Waals surface area contributed by atoms with Crippen LogP contribution >= 0.6 is 0 Å². The van der Waals surface area contributed by atoms with Gasteiger partial charge in [-0.05, 0) is 25.1 Å². The molecule has 1 unspecified atom stereocenters. The molecule has 0 spiro atoms. The van der Waals surface area contributed by atoms with E-state index in [4.69, 9.17) is 16.6 Å². The Bertz CT molecular complexity index is 413. The van der Waals surface area contributed by atoms with Crippen molar-refractivity contribution in [3.05, 3.63) is 29.3 Å². The van der Waals surface area contributed by atoms with Crippen LogP contribution in [-0.2, 0) is 0 Å². The molecule has 0 amide bonds. The Labute approximate surface area is 86.7 Å². The number of Topliss-reactive ketones (excluding diaryl/α,β-unsaturated/α-hetero) is 1. The fourth-order valence-electron chi connectivity index (χ4n) is 1.20. The number of benzene rings is 1. The number of hydrogen-bond donors (Lipinski definition) is 3. The topological polar surface area (TPSA) is 106 Å². The molecule has 0 saturated heterocycles. The SMILES string of the molecule is CC(N)C(=O)c1cc(N)ccc1C(=O)O. The summed E-state index contributed by atoms with van der Waals surface area (Å²) in [5.74, 6) is -1.60. The van der Waals surface area contributed by atoms with E-state index in [2.05, 4.69) is 0 Å². The maximum absolute atomic E-state index is 11.6. The standard InChI is InChI=1S/C10H12N2O3/c1-5(11)9(13)8-4-6(12)2-3-7(8)10(14)15/h2-5H,11-12H2,1H3,(H,14,15). The van der Waals surface area contributed by atoms with Crippen LogP contribution in [0.1, 0.15) is 27.6 Å². The fraction of sp³-hybridized carbons (Fsp3) is 0.200. The summed E-state index contributed by atoms with van der Waals surface area (Å²) >= 11 is 0. The van der Waals surface area contributed by atoms with Crippen LogP contribution in [0.2, 0.25) is 0 Å². The number of carboxylic acid groups (broad SMARTS) is 1. The van der Waals surface area contributed by atoms with E-state index in [0.29, 0.717) is 5.69 Å². The van der Waals surface area contributed by atoms with Crippen LogP contribution < -0.4 is 11.5 Å². The van der Waals surface area contributed by atoms with Crippen LogP contribution in [0.15, 0.2) is 18.2 Å². The average molecular weight is 208 g/mol. The second-order valence-corrected chi connectivity index (χ2v) is 3.26. The third kappa shape index (κ3) is 2.32. The number of aromatic carboxylic acids is 1. The van der Waals surface area contributed by atoms with Crippen molar-refractivity contribution in [3.63, 3.8) is 0 Å². The molecule has 5 N–H and O–H groups in total. The van der Waals surface area contributed by atoms with Gasteiger partial charge < -0.3 is 16.6 Å². The molecular formula is C10H12N2O3. The predicted molar refractivity (Wildman–Crippen MR) is 55.8 cm³/mol. The number of nitrogens with two attached hydrogens (primary N) is 2. The normalized spacial score (nSPS) is 12.1. The van der Waals surface area contributed by atoms with Gasteiger partial charge in [0.1, 0.15) is 0 Å².